The fraction of sp³-hybridized carbons (Fsp3) is 0.214. The molecule has 0 saturated heterocycles. The first kappa shape index (κ1) is 12.9. The zero-order valence-electron chi connectivity index (χ0n) is 10.1. The minimum absolute atomic E-state index is 0.220. The van der Waals surface area contributed by atoms with Gasteiger partial charge in [-0.25, -0.2) is 4.79 Å². The maximum absolute atomic E-state index is 11.7. The van der Waals surface area contributed by atoms with E-state index in [0.717, 1.165) is 28.4 Å². The molecule has 3 nitrogen and oxygen atoms in total. The highest BCUT2D eigenvalue weighted by Gasteiger charge is 2.09. The summed E-state index contributed by atoms with van der Waals surface area (Å²) in [5, 5.41) is 0. The number of nitrogen functional groups attached to an aromatic ring is 1. The van der Waals surface area contributed by atoms with Crippen LogP contribution in [0.3, 0.4) is 0 Å². The van der Waals surface area contributed by atoms with Crippen LogP contribution in [0.1, 0.15) is 18.9 Å². The van der Waals surface area contributed by atoms with Gasteiger partial charge in [0.2, 0.25) is 0 Å². The summed E-state index contributed by atoms with van der Waals surface area (Å²) in [5.74, 6) is 0.560. The Hall–Kier alpha value is -1.55. The summed E-state index contributed by atoms with van der Waals surface area (Å²) < 4.78 is 6.21. The quantitative estimate of drug-likeness (QED) is 0.942. The Labute approximate surface area is 114 Å². The molecular weight excluding hydrogens is 294 g/mol. The molecule has 0 spiro atoms. The molecule has 94 valence electrons. The Morgan fingerprint density at radius 1 is 1.28 bits per heavy atom. The average Bonchev–Trinajstić information content (AvgIpc) is 2.36. The zero-order valence-corrected chi connectivity index (χ0v) is 11.7. The largest absolute Gasteiger partial charge is 0.421 e. The van der Waals surface area contributed by atoms with Crippen LogP contribution >= 0.6 is 15.9 Å². The zero-order chi connectivity index (χ0) is 13.1. The molecule has 1 aromatic heterocycles. The van der Waals surface area contributed by atoms with Gasteiger partial charge in [0.15, 0.2) is 0 Å². The van der Waals surface area contributed by atoms with E-state index in [4.69, 9.17) is 10.2 Å². The van der Waals surface area contributed by atoms with Crippen molar-refractivity contribution in [3.63, 3.8) is 0 Å². The van der Waals surface area contributed by atoms with Crippen LogP contribution in [-0.2, 0) is 6.42 Å². The van der Waals surface area contributed by atoms with Crippen LogP contribution < -0.4 is 11.4 Å². The van der Waals surface area contributed by atoms with Gasteiger partial charge in [-0.05, 0) is 30.2 Å². The summed E-state index contributed by atoms with van der Waals surface area (Å²) in [4.78, 5) is 11.7. The molecule has 2 aromatic rings. The molecule has 0 amide bonds. The summed E-state index contributed by atoms with van der Waals surface area (Å²) in [7, 11) is 0. The van der Waals surface area contributed by atoms with Gasteiger partial charge in [0.05, 0.1) is 0 Å². The molecule has 0 bridgehead atoms. The first-order valence-electron chi connectivity index (χ1n) is 5.80. The third-order valence-corrected chi connectivity index (χ3v) is 3.25. The molecule has 0 atom stereocenters. The van der Waals surface area contributed by atoms with Crippen LogP contribution in [0, 0.1) is 0 Å². The minimum Gasteiger partial charge on any atom is -0.421 e. The first-order valence-corrected chi connectivity index (χ1v) is 6.59. The van der Waals surface area contributed by atoms with Gasteiger partial charge in [-0.2, -0.15) is 0 Å². The van der Waals surface area contributed by atoms with E-state index in [1.807, 2.05) is 37.3 Å². The number of anilines is 1. The fourth-order valence-corrected chi connectivity index (χ4v) is 2.05. The smallest absolute Gasteiger partial charge is 0.359 e. The average molecular weight is 308 g/mol. The van der Waals surface area contributed by atoms with Crippen molar-refractivity contribution in [2.45, 2.75) is 19.8 Å². The SMILES string of the molecule is CCCc1cc(-c2ccc(Br)cc2)oc(=O)c1N. The molecule has 0 aliphatic rings. The summed E-state index contributed by atoms with van der Waals surface area (Å²) >= 11 is 3.37. The van der Waals surface area contributed by atoms with Gasteiger partial charge in [-0.15, -0.1) is 0 Å². The Morgan fingerprint density at radius 3 is 2.56 bits per heavy atom. The molecule has 1 aromatic carbocycles. The van der Waals surface area contributed by atoms with E-state index >= 15 is 0 Å². The predicted molar refractivity (Wildman–Crippen MR) is 76.5 cm³/mol. The minimum atomic E-state index is -0.459. The van der Waals surface area contributed by atoms with Crippen molar-refractivity contribution in [1.29, 1.82) is 0 Å². The van der Waals surface area contributed by atoms with Crippen molar-refractivity contribution >= 4 is 21.6 Å². The van der Waals surface area contributed by atoms with Crippen molar-refractivity contribution in [3.05, 3.63) is 50.8 Å². The van der Waals surface area contributed by atoms with Gasteiger partial charge >= 0.3 is 5.63 Å². The van der Waals surface area contributed by atoms with E-state index < -0.39 is 5.63 Å². The second-order valence-electron chi connectivity index (χ2n) is 4.09. The topological polar surface area (TPSA) is 56.2 Å². The molecule has 2 rings (SSSR count). The molecule has 1 heterocycles. The molecule has 0 fully saturated rings. The van der Waals surface area contributed by atoms with Gasteiger partial charge in [0.1, 0.15) is 11.4 Å². The van der Waals surface area contributed by atoms with Gasteiger partial charge in [-0.1, -0.05) is 41.4 Å². The van der Waals surface area contributed by atoms with Crippen LogP contribution in [-0.4, -0.2) is 0 Å². The fourth-order valence-electron chi connectivity index (χ4n) is 1.78. The van der Waals surface area contributed by atoms with Crippen molar-refractivity contribution < 1.29 is 4.42 Å². The van der Waals surface area contributed by atoms with E-state index in [1.165, 1.54) is 0 Å². The number of hydrogen-bond donors (Lipinski definition) is 1. The van der Waals surface area contributed by atoms with E-state index in [2.05, 4.69) is 15.9 Å². The van der Waals surface area contributed by atoms with Gasteiger partial charge < -0.3 is 10.2 Å². The van der Waals surface area contributed by atoms with E-state index in [0.29, 0.717) is 5.76 Å². The molecule has 0 radical (unpaired) electrons. The molecule has 0 aliphatic carbocycles. The lowest BCUT2D eigenvalue weighted by Crippen LogP contribution is -2.10. The third-order valence-electron chi connectivity index (χ3n) is 2.72. The molecular formula is C14H14BrNO2. The molecule has 0 unspecified atom stereocenters. The lowest BCUT2D eigenvalue weighted by atomic mass is 10.1. The molecule has 2 N–H and O–H groups in total. The van der Waals surface area contributed by atoms with E-state index in [1.54, 1.807) is 0 Å². The van der Waals surface area contributed by atoms with Crippen molar-refractivity contribution in [3.8, 4) is 11.3 Å². The number of nitrogens with two attached hydrogens (primary N) is 1. The van der Waals surface area contributed by atoms with Crippen LogP contribution in [0.4, 0.5) is 5.69 Å². The number of halogens is 1. The van der Waals surface area contributed by atoms with Gasteiger partial charge in [0.25, 0.3) is 0 Å². The normalized spacial score (nSPS) is 10.6. The third kappa shape index (κ3) is 2.64. The van der Waals surface area contributed by atoms with Crippen molar-refractivity contribution in [2.24, 2.45) is 0 Å². The van der Waals surface area contributed by atoms with E-state index in [9.17, 15) is 4.79 Å². The van der Waals surface area contributed by atoms with E-state index in [-0.39, 0.29) is 5.69 Å². The van der Waals surface area contributed by atoms with Crippen LogP contribution in [0.15, 0.2) is 44.0 Å². The number of rotatable bonds is 3. The molecule has 0 aliphatic heterocycles. The summed E-state index contributed by atoms with van der Waals surface area (Å²) in [6.07, 6.45) is 1.72. The second kappa shape index (κ2) is 5.40. The predicted octanol–water partition coefficient (Wildman–Crippen LogP) is 3.60. The summed E-state index contributed by atoms with van der Waals surface area (Å²) in [6, 6.07) is 9.46. The second-order valence-corrected chi connectivity index (χ2v) is 5.01. The Kier molecular flexibility index (Phi) is 3.87. The van der Waals surface area contributed by atoms with Gasteiger partial charge in [-0.3, -0.25) is 0 Å². The maximum Gasteiger partial charge on any atom is 0.359 e. The van der Waals surface area contributed by atoms with Crippen molar-refractivity contribution in [1.82, 2.24) is 0 Å². The Morgan fingerprint density at radius 2 is 1.94 bits per heavy atom. The standard InChI is InChI=1S/C14H14BrNO2/c1-2-3-10-8-12(18-14(17)13(10)16)9-4-6-11(15)7-5-9/h4-8H,2-3,16H2,1H3. The first-order chi connectivity index (χ1) is 8.61. The van der Waals surface area contributed by atoms with Gasteiger partial charge in [0, 0.05) is 10.0 Å². The number of hydrogen-bond acceptors (Lipinski definition) is 3. The molecule has 0 saturated carbocycles. The highest BCUT2D eigenvalue weighted by atomic mass is 79.9. The van der Waals surface area contributed by atoms with Crippen molar-refractivity contribution in [2.75, 3.05) is 5.73 Å². The summed E-state index contributed by atoms with van der Waals surface area (Å²) in [5.41, 5.74) is 7.21. The maximum atomic E-state index is 11.7. The number of aryl methyl sites for hydroxylation is 1. The Bertz CT molecular complexity index is 602. The number of benzene rings is 1. The highest BCUT2D eigenvalue weighted by Crippen LogP contribution is 2.23. The molecule has 4 heteroatoms. The monoisotopic (exact) mass is 307 g/mol. The van der Waals surface area contributed by atoms with Crippen LogP contribution in [0.2, 0.25) is 0 Å². The summed E-state index contributed by atoms with van der Waals surface area (Å²) in [6.45, 7) is 2.05. The van der Waals surface area contributed by atoms with Crippen LogP contribution in [0.5, 0.6) is 0 Å². The molecule has 18 heavy (non-hydrogen) atoms. The van der Waals surface area contributed by atoms with Crippen LogP contribution in [0.25, 0.3) is 11.3 Å². The lowest BCUT2D eigenvalue weighted by molar-refractivity contribution is 0.526. The Balaban J connectivity index is 2.51. The lowest BCUT2D eigenvalue weighted by Gasteiger charge is -2.06. The highest BCUT2D eigenvalue weighted by molar-refractivity contribution is 9.10.